The minimum absolute atomic E-state index is 0.0320. The van der Waals surface area contributed by atoms with E-state index >= 15 is 0 Å². The van der Waals surface area contributed by atoms with Crippen molar-refractivity contribution < 1.29 is 8.42 Å². The van der Waals surface area contributed by atoms with Gasteiger partial charge in [-0.15, -0.1) is 6.58 Å². The topological polar surface area (TPSA) is 63.4 Å². The first-order valence-electron chi connectivity index (χ1n) is 4.89. The molecule has 0 bridgehead atoms. The summed E-state index contributed by atoms with van der Waals surface area (Å²) >= 11 is 0. The first kappa shape index (κ1) is 11.7. The van der Waals surface area contributed by atoms with Gasteiger partial charge in [-0.05, 0) is 25.3 Å². The summed E-state index contributed by atoms with van der Waals surface area (Å²) in [5.74, 6) is 0.355. The van der Waals surface area contributed by atoms with E-state index in [2.05, 4.69) is 6.58 Å². The van der Waals surface area contributed by atoms with Gasteiger partial charge in [0, 0.05) is 13.1 Å². The molecule has 4 nitrogen and oxygen atoms in total. The quantitative estimate of drug-likeness (QED) is 0.684. The number of sulfonamides is 1. The van der Waals surface area contributed by atoms with Gasteiger partial charge in [0.25, 0.3) is 0 Å². The van der Waals surface area contributed by atoms with Gasteiger partial charge in [-0.3, -0.25) is 0 Å². The molecule has 1 rings (SSSR count). The van der Waals surface area contributed by atoms with Crippen LogP contribution in [0.1, 0.15) is 12.8 Å². The molecule has 1 unspecified atom stereocenters. The summed E-state index contributed by atoms with van der Waals surface area (Å²) in [7, 11) is -3.12. The van der Waals surface area contributed by atoms with Crippen LogP contribution in [0.3, 0.4) is 0 Å². The van der Waals surface area contributed by atoms with Crippen molar-refractivity contribution in [3.05, 3.63) is 12.7 Å². The SMILES string of the molecule is C=CCS(=O)(=O)N1CCCC(CN)C1. The number of hydrogen-bond acceptors (Lipinski definition) is 3. The summed E-state index contributed by atoms with van der Waals surface area (Å²) in [6.07, 6.45) is 3.39. The molecule has 0 amide bonds. The zero-order valence-corrected chi connectivity index (χ0v) is 9.17. The molecule has 14 heavy (non-hydrogen) atoms. The smallest absolute Gasteiger partial charge is 0.217 e. The van der Waals surface area contributed by atoms with Crippen molar-refractivity contribution in [3.8, 4) is 0 Å². The van der Waals surface area contributed by atoms with E-state index in [1.165, 1.54) is 10.4 Å². The molecule has 1 aliphatic rings. The second kappa shape index (κ2) is 4.91. The van der Waals surface area contributed by atoms with E-state index in [0.29, 0.717) is 25.6 Å². The van der Waals surface area contributed by atoms with Gasteiger partial charge in [0.15, 0.2) is 0 Å². The lowest BCUT2D eigenvalue weighted by Crippen LogP contribution is -2.42. The summed E-state index contributed by atoms with van der Waals surface area (Å²) in [6.45, 7) is 5.23. The predicted molar refractivity (Wildman–Crippen MR) is 57.3 cm³/mol. The second-order valence-electron chi connectivity index (χ2n) is 3.67. The first-order valence-corrected chi connectivity index (χ1v) is 6.50. The molecule has 0 aliphatic carbocycles. The Morgan fingerprint density at radius 1 is 1.57 bits per heavy atom. The number of nitrogens with zero attached hydrogens (tertiary/aromatic N) is 1. The number of piperidine rings is 1. The van der Waals surface area contributed by atoms with Gasteiger partial charge in [0.05, 0.1) is 5.75 Å². The van der Waals surface area contributed by atoms with Crippen LogP contribution in [-0.4, -0.2) is 38.1 Å². The van der Waals surface area contributed by atoms with Crippen LogP contribution in [0.4, 0.5) is 0 Å². The molecule has 1 atom stereocenters. The monoisotopic (exact) mass is 218 g/mol. The van der Waals surface area contributed by atoms with Gasteiger partial charge in [-0.25, -0.2) is 12.7 Å². The Kier molecular flexibility index (Phi) is 4.10. The zero-order chi connectivity index (χ0) is 10.6. The van der Waals surface area contributed by atoms with Crippen LogP contribution in [-0.2, 0) is 10.0 Å². The fraction of sp³-hybridized carbons (Fsp3) is 0.778. The lowest BCUT2D eigenvalue weighted by atomic mass is 10.0. The van der Waals surface area contributed by atoms with Gasteiger partial charge in [-0.2, -0.15) is 0 Å². The third-order valence-corrected chi connectivity index (χ3v) is 4.31. The fourth-order valence-corrected chi connectivity index (χ4v) is 3.08. The molecular weight excluding hydrogens is 200 g/mol. The molecule has 1 aliphatic heterocycles. The number of hydrogen-bond donors (Lipinski definition) is 1. The van der Waals surface area contributed by atoms with Crippen molar-refractivity contribution in [2.24, 2.45) is 11.7 Å². The third kappa shape index (κ3) is 2.80. The number of rotatable bonds is 4. The Morgan fingerprint density at radius 3 is 2.86 bits per heavy atom. The highest BCUT2D eigenvalue weighted by atomic mass is 32.2. The van der Waals surface area contributed by atoms with E-state index < -0.39 is 10.0 Å². The minimum Gasteiger partial charge on any atom is -0.330 e. The van der Waals surface area contributed by atoms with E-state index in [9.17, 15) is 8.42 Å². The van der Waals surface area contributed by atoms with Crippen LogP contribution in [0.25, 0.3) is 0 Å². The summed E-state index contributed by atoms with van der Waals surface area (Å²) < 4.78 is 24.9. The molecule has 5 heteroatoms. The molecule has 1 fully saturated rings. The van der Waals surface area contributed by atoms with Crippen LogP contribution in [0.15, 0.2) is 12.7 Å². The van der Waals surface area contributed by atoms with Crippen molar-refractivity contribution in [3.63, 3.8) is 0 Å². The lowest BCUT2D eigenvalue weighted by molar-refractivity contribution is 0.272. The Morgan fingerprint density at radius 2 is 2.29 bits per heavy atom. The van der Waals surface area contributed by atoms with Crippen LogP contribution < -0.4 is 5.73 Å². The highest BCUT2D eigenvalue weighted by Gasteiger charge is 2.26. The maximum absolute atomic E-state index is 11.7. The Balaban J connectivity index is 2.63. The van der Waals surface area contributed by atoms with Crippen LogP contribution in [0, 0.1) is 5.92 Å². The first-order chi connectivity index (χ1) is 6.60. The molecule has 0 aromatic rings. The van der Waals surface area contributed by atoms with E-state index in [1.807, 2.05) is 0 Å². The molecule has 1 heterocycles. The summed E-state index contributed by atoms with van der Waals surface area (Å²) in [6, 6.07) is 0. The fourth-order valence-electron chi connectivity index (χ4n) is 1.73. The van der Waals surface area contributed by atoms with Crippen molar-refractivity contribution in [1.29, 1.82) is 0 Å². The summed E-state index contributed by atoms with van der Waals surface area (Å²) in [4.78, 5) is 0. The van der Waals surface area contributed by atoms with Gasteiger partial charge in [0.1, 0.15) is 0 Å². The van der Waals surface area contributed by atoms with Gasteiger partial charge < -0.3 is 5.73 Å². The zero-order valence-electron chi connectivity index (χ0n) is 8.35. The highest BCUT2D eigenvalue weighted by molar-refractivity contribution is 7.89. The molecular formula is C9H18N2O2S. The minimum atomic E-state index is -3.12. The van der Waals surface area contributed by atoms with Gasteiger partial charge in [0.2, 0.25) is 10.0 Å². The molecule has 0 spiro atoms. The van der Waals surface area contributed by atoms with Crippen LogP contribution in [0.2, 0.25) is 0 Å². The Bertz CT molecular complexity index is 287. The Labute approximate surface area is 85.8 Å². The van der Waals surface area contributed by atoms with Crippen LogP contribution in [0.5, 0.6) is 0 Å². The number of nitrogens with two attached hydrogens (primary N) is 1. The van der Waals surface area contributed by atoms with E-state index in [4.69, 9.17) is 5.73 Å². The van der Waals surface area contributed by atoms with Crippen molar-refractivity contribution in [1.82, 2.24) is 4.31 Å². The maximum Gasteiger partial charge on any atom is 0.217 e. The largest absolute Gasteiger partial charge is 0.330 e. The second-order valence-corrected chi connectivity index (χ2v) is 5.68. The summed E-state index contributed by atoms with van der Waals surface area (Å²) in [5.41, 5.74) is 5.54. The van der Waals surface area contributed by atoms with Crippen molar-refractivity contribution in [2.75, 3.05) is 25.4 Å². The van der Waals surface area contributed by atoms with Gasteiger partial charge in [-0.1, -0.05) is 6.08 Å². The molecule has 0 radical (unpaired) electrons. The third-order valence-electron chi connectivity index (χ3n) is 2.54. The predicted octanol–water partition coefficient (Wildman–Crippen LogP) is 0.173. The molecule has 0 saturated carbocycles. The van der Waals surface area contributed by atoms with E-state index in [-0.39, 0.29) is 5.75 Å². The Hall–Kier alpha value is -0.390. The lowest BCUT2D eigenvalue weighted by Gasteiger charge is -2.30. The molecule has 2 N–H and O–H groups in total. The molecule has 1 saturated heterocycles. The van der Waals surface area contributed by atoms with Crippen LogP contribution >= 0.6 is 0 Å². The highest BCUT2D eigenvalue weighted by Crippen LogP contribution is 2.18. The standard InChI is InChI=1S/C9H18N2O2S/c1-2-6-14(12,13)11-5-3-4-9(7-10)8-11/h2,9H,1,3-8,10H2. The van der Waals surface area contributed by atoms with E-state index in [0.717, 1.165) is 12.8 Å². The van der Waals surface area contributed by atoms with E-state index in [1.54, 1.807) is 0 Å². The van der Waals surface area contributed by atoms with Crippen molar-refractivity contribution >= 4 is 10.0 Å². The molecule has 0 aromatic heterocycles. The maximum atomic E-state index is 11.7. The average molecular weight is 218 g/mol. The van der Waals surface area contributed by atoms with Crippen molar-refractivity contribution in [2.45, 2.75) is 12.8 Å². The summed E-state index contributed by atoms with van der Waals surface area (Å²) in [5, 5.41) is 0. The normalized spacial score (nSPS) is 24.8. The average Bonchev–Trinajstić information content (AvgIpc) is 2.18. The molecule has 82 valence electrons. The molecule has 0 aromatic carbocycles. The van der Waals surface area contributed by atoms with Gasteiger partial charge >= 0.3 is 0 Å².